The lowest BCUT2D eigenvalue weighted by atomic mass is 10.2. The zero-order valence-corrected chi connectivity index (χ0v) is 16.1. The molecule has 1 aromatic carbocycles. The first-order chi connectivity index (χ1) is 10.7. The predicted octanol–water partition coefficient (Wildman–Crippen LogP) is 2.09. The molecule has 0 bridgehead atoms. The van der Waals surface area contributed by atoms with Crippen LogP contribution in [0, 0.1) is 6.92 Å². The molecular weight excluding hydrogens is 405 g/mol. The van der Waals surface area contributed by atoms with Crippen LogP contribution in [0.25, 0.3) is 0 Å². The van der Waals surface area contributed by atoms with Gasteiger partial charge in [-0.25, -0.2) is 0 Å². The Labute approximate surface area is 154 Å². The molecule has 126 valence electrons. The van der Waals surface area contributed by atoms with E-state index in [0.717, 1.165) is 23.0 Å². The van der Waals surface area contributed by atoms with Crippen LogP contribution in [-0.4, -0.2) is 35.9 Å². The highest BCUT2D eigenvalue weighted by Crippen LogP contribution is 2.15. The zero-order valence-electron chi connectivity index (χ0n) is 13.7. The zero-order chi connectivity index (χ0) is 15.8. The standard InChI is InChI=1S/C16H23N5O.HI/c1-13-6-4-5-7-15(13)22-11-10-18-16(17-2)19-12-14-8-9-20-21(14)3;/h4-9H,10-12H2,1-3H3,(H2,17,18,19);1H. The molecule has 23 heavy (non-hydrogen) atoms. The number of guanidine groups is 1. The van der Waals surface area contributed by atoms with Crippen molar-refractivity contribution in [1.82, 2.24) is 20.4 Å². The monoisotopic (exact) mass is 429 g/mol. The molecule has 2 aromatic rings. The molecule has 7 heteroatoms. The van der Waals surface area contributed by atoms with Gasteiger partial charge in [0.1, 0.15) is 12.4 Å². The van der Waals surface area contributed by atoms with Crippen molar-refractivity contribution in [2.45, 2.75) is 13.5 Å². The summed E-state index contributed by atoms with van der Waals surface area (Å²) in [6.45, 7) is 3.97. The molecule has 2 rings (SSSR count). The number of hydrogen-bond acceptors (Lipinski definition) is 3. The van der Waals surface area contributed by atoms with Crippen molar-refractivity contribution < 1.29 is 4.74 Å². The van der Waals surface area contributed by atoms with Gasteiger partial charge in [-0.15, -0.1) is 24.0 Å². The molecule has 0 atom stereocenters. The first kappa shape index (κ1) is 19.3. The predicted molar refractivity (Wildman–Crippen MR) is 103 cm³/mol. The highest BCUT2D eigenvalue weighted by atomic mass is 127. The van der Waals surface area contributed by atoms with Crippen molar-refractivity contribution in [3.05, 3.63) is 47.8 Å². The number of aryl methyl sites for hydroxylation is 2. The van der Waals surface area contributed by atoms with E-state index in [-0.39, 0.29) is 24.0 Å². The number of aromatic nitrogens is 2. The number of benzene rings is 1. The smallest absolute Gasteiger partial charge is 0.191 e. The summed E-state index contributed by atoms with van der Waals surface area (Å²) >= 11 is 0. The first-order valence-electron chi connectivity index (χ1n) is 7.30. The average Bonchev–Trinajstić information content (AvgIpc) is 2.93. The van der Waals surface area contributed by atoms with Crippen LogP contribution in [-0.2, 0) is 13.6 Å². The van der Waals surface area contributed by atoms with Gasteiger partial charge in [-0.3, -0.25) is 9.67 Å². The molecule has 6 nitrogen and oxygen atoms in total. The third-order valence-corrected chi connectivity index (χ3v) is 3.33. The molecule has 0 fully saturated rings. The largest absolute Gasteiger partial charge is 0.491 e. The van der Waals surface area contributed by atoms with Crippen LogP contribution in [0.4, 0.5) is 0 Å². The second-order valence-electron chi connectivity index (χ2n) is 4.91. The van der Waals surface area contributed by atoms with Crippen molar-refractivity contribution in [1.29, 1.82) is 0 Å². The van der Waals surface area contributed by atoms with E-state index in [1.165, 1.54) is 0 Å². The Morgan fingerprint density at radius 1 is 1.26 bits per heavy atom. The number of halogens is 1. The number of ether oxygens (including phenoxy) is 1. The summed E-state index contributed by atoms with van der Waals surface area (Å²) in [6.07, 6.45) is 1.78. The summed E-state index contributed by atoms with van der Waals surface area (Å²) < 4.78 is 7.58. The summed E-state index contributed by atoms with van der Waals surface area (Å²) in [5.41, 5.74) is 2.24. The molecular formula is C16H24IN5O. The summed E-state index contributed by atoms with van der Waals surface area (Å²) in [4.78, 5) is 4.19. The molecule has 0 unspecified atom stereocenters. The number of rotatable bonds is 6. The Kier molecular flexibility index (Phi) is 8.46. The van der Waals surface area contributed by atoms with Crippen LogP contribution >= 0.6 is 24.0 Å². The van der Waals surface area contributed by atoms with E-state index in [2.05, 4.69) is 20.7 Å². The van der Waals surface area contributed by atoms with Gasteiger partial charge in [0.25, 0.3) is 0 Å². The molecule has 0 amide bonds. The maximum absolute atomic E-state index is 5.74. The maximum Gasteiger partial charge on any atom is 0.191 e. The fourth-order valence-electron chi connectivity index (χ4n) is 2.02. The van der Waals surface area contributed by atoms with Crippen molar-refractivity contribution >= 4 is 29.9 Å². The van der Waals surface area contributed by atoms with Crippen LogP contribution < -0.4 is 15.4 Å². The molecule has 0 aliphatic carbocycles. The number of nitrogens with one attached hydrogen (secondary N) is 2. The summed E-state index contributed by atoms with van der Waals surface area (Å²) in [5.74, 6) is 1.66. The number of hydrogen-bond donors (Lipinski definition) is 2. The van der Waals surface area contributed by atoms with Gasteiger partial charge in [-0.05, 0) is 24.6 Å². The molecule has 1 heterocycles. The normalized spacial score (nSPS) is 10.8. The van der Waals surface area contributed by atoms with Crippen LogP contribution in [0.15, 0.2) is 41.5 Å². The molecule has 0 saturated heterocycles. The lowest BCUT2D eigenvalue weighted by molar-refractivity contribution is 0.320. The molecule has 0 aliphatic heterocycles. The maximum atomic E-state index is 5.74. The minimum Gasteiger partial charge on any atom is -0.491 e. The van der Waals surface area contributed by atoms with Crippen molar-refractivity contribution in [3.8, 4) is 5.75 Å². The van der Waals surface area contributed by atoms with Gasteiger partial charge in [-0.1, -0.05) is 18.2 Å². The van der Waals surface area contributed by atoms with Gasteiger partial charge in [-0.2, -0.15) is 5.10 Å². The second-order valence-corrected chi connectivity index (χ2v) is 4.91. The number of aliphatic imine (C=N–C) groups is 1. The summed E-state index contributed by atoms with van der Waals surface area (Å²) in [5, 5.41) is 10.6. The van der Waals surface area contributed by atoms with Gasteiger partial charge >= 0.3 is 0 Å². The number of para-hydroxylation sites is 1. The molecule has 0 radical (unpaired) electrons. The van der Waals surface area contributed by atoms with Gasteiger partial charge in [0, 0.05) is 20.3 Å². The van der Waals surface area contributed by atoms with E-state index in [4.69, 9.17) is 4.74 Å². The highest BCUT2D eigenvalue weighted by Gasteiger charge is 2.02. The fourth-order valence-corrected chi connectivity index (χ4v) is 2.02. The van der Waals surface area contributed by atoms with Crippen LogP contribution in [0.3, 0.4) is 0 Å². The SMILES string of the molecule is CN=C(NCCOc1ccccc1C)NCc1ccnn1C.I. The lowest BCUT2D eigenvalue weighted by Gasteiger charge is -2.13. The van der Waals surface area contributed by atoms with Crippen LogP contribution in [0.2, 0.25) is 0 Å². The van der Waals surface area contributed by atoms with E-state index in [0.29, 0.717) is 19.7 Å². The Hall–Kier alpha value is -1.77. The fraction of sp³-hybridized carbons (Fsp3) is 0.375. The number of nitrogens with zero attached hydrogens (tertiary/aromatic N) is 3. The van der Waals surface area contributed by atoms with Gasteiger partial charge in [0.15, 0.2) is 5.96 Å². The summed E-state index contributed by atoms with van der Waals surface area (Å²) in [7, 11) is 3.67. The first-order valence-corrected chi connectivity index (χ1v) is 7.30. The Bertz CT molecular complexity index is 626. The van der Waals surface area contributed by atoms with E-state index in [1.807, 2.05) is 49.0 Å². The second kappa shape index (κ2) is 10.1. The Morgan fingerprint density at radius 3 is 2.70 bits per heavy atom. The van der Waals surface area contributed by atoms with Crippen LogP contribution in [0.5, 0.6) is 5.75 Å². The highest BCUT2D eigenvalue weighted by molar-refractivity contribution is 14.0. The topological polar surface area (TPSA) is 63.5 Å². The molecule has 2 N–H and O–H groups in total. The Balaban J connectivity index is 0.00000264. The third-order valence-electron chi connectivity index (χ3n) is 3.33. The quantitative estimate of drug-likeness (QED) is 0.320. The average molecular weight is 429 g/mol. The third kappa shape index (κ3) is 6.09. The molecule has 1 aromatic heterocycles. The molecule has 0 spiro atoms. The minimum atomic E-state index is 0. The Morgan fingerprint density at radius 2 is 2.04 bits per heavy atom. The summed E-state index contributed by atoms with van der Waals surface area (Å²) in [6, 6.07) is 9.97. The van der Waals surface area contributed by atoms with Crippen LogP contribution in [0.1, 0.15) is 11.3 Å². The lowest BCUT2D eigenvalue weighted by Crippen LogP contribution is -2.39. The van der Waals surface area contributed by atoms with E-state index < -0.39 is 0 Å². The van der Waals surface area contributed by atoms with Gasteiger partial charge in [0.05, 0.1) is 18.8 Å². The molecule has 0 saturated carbocycles. The van der Waals surface area contributed by atoms with Crippen molar-refractivity contribution in [2.24, 2.45) is 12.0 Å². The van der Waals surface area contributed by atoms with E-state index >= 15 is 0 Å². The van der Waals surface area contributed by atoms with Crippen molar-refractivity contribution in [3.63, 3.8) is 0 Å². The molecule has 0 aliphatic rings. The van der Waals surface area contributed by atoms with Gasteiger partial charge in [0.2, 0.25) is 0 Å². The van der Waals surface area contributed by atoms with E-state index in [9.17, 15) is 0 Å². The van der Waals surface area contributed by atoms with Crippen molar-refractivity contribution in [2.75, 3.05) is 20.2 Å². The van der Waals surface area contributed by atoms with Gasteiger partial charge < -0.3 is 15.4 Å². The van der Waals surface area contributed by atoms with E-state index in [1.54, 1.807) is 13.2 Å². The minimum absolute atomic E-state index is 0.